The highest BCUT2D eigenvalue weighted by Gasteiger charge is 2.11. The second-order valence-electron chi connectivity index (χ2n) is 4.39. The summed E-state index contributed by atoms with van der Waals surface area (Å²) < 4.78 is 10.6. The Kier molecular flexibility index (Phi) is 7.42. The van der Waals surface area contributed by atoms with Crippen LogP contribution in [0.15, 0.2) is 0 Å². The molecule has 0 saturated heterocycles. The van der Waals surface area contributed by atoms with Crippen LogP contribution in [0.1, 0.15) is 36.3 Å². The highest BCUT2D eigenvalue weighted by Crippen LogP contribution is 2.20. The third-order valence-corrected chi connectivity index (χ3v) is 3.60. The van der Waals surface area contributed by atoms with Crippen LogP contribution in [0.4, 0.5) is 0 Å². The van der Waals surface area contributed by atoms with Gasteiger partial charge >= 0.3 is 0 Å². The molecule has 0 bridgehead atoms. The number of hydrogen-bond donors (Lipinski definition) is 1. The third kappa shape index (κ3) is 5.44. The third-order valence-electron chi connectivity index (χ3n) is 2.44. The predicted octanol–water partition coefficient (Wildman–Crippen LogP) is 2.37. The van der Waals surface area contributed by atoms with Crippen LogP contribution in [-0.4, -0.2) is 31.3 Å². The lowest BCUT2D eigenvalue weighted by Gasteiger charge is -2.07. The molecular weight excluding hydrogens is 248 g/mol. The van der Waals surface area contributed by atoms with E-state index < -0.39 is 0 Å². The van der Waals surface area contributed by atoms with Crippen LogP contribution >= 0.6 is 11.3 Å². The lowest BCUT2D eigenvalue weighted by atomic mass is 10.3. The normalized spacial score (nSPS) is 11.4. The number of nitrogens with zero attached hydrogens (tertiary/aromatic N) is 1. The molecular formula is C13H24N2O2S. The topological polar surface area (TPSA) is 43.4 Å². The SMILES string of the molecule is CCOCCc1nc(COC)c(CNC(C)C)s1. The molecule has 0 aliphatic rings. The molecule has 1 rings (SSSR count). The van der Waals surface area contributed by atoms with Crippen LogP contribution in [0.2, 0.25) is 0 Å². The Morgan fingerprint density at radius 2 is 2.17 bits per heavy atom. The van der Waals surface area contributed by atoms with Crippen molar-refractivity contribution in [1.29, 1.82) is 0 Å². The number of aromatic nitrogens is 1. The van der Waals surface area contributed by atoms with E-state index in [1.54, 1.807) is 18.4 Å². The molecule has 4 nitrogen and oxygen atoms in total. The minimum atomic E-state index is 0.481. The van der Waals surface area contributed by atoms with Crippen molar-refractivity contribution < 1.29 is 9.47 Å². The standard InChI is InChI=1S/C13H24N2O2S/c1-5-17-7-6-13-15-11(9-16-4)12(18-13)8-14-10(2)3/h10,14H,5-9H2,1-4H3. The average Bonchev–Trinajstić information content (AvgIpc) is 2.70. The molecule has 0 radical (unpaired) electrons. The molecule has 104 valence electrons. The second kappa shape index (κ2) is 8.58. The largest absolute Gasteiger partial charge is 0.381 e. The number of thiazole rings is 1. The zero-order chi connectivity index (χ0) is 13.4. The molecule has 1 aromatic rings. The maximum atomic E-state index is 5.36. The molecule has 0 atom stereocenters. The Balaban J connectivity index is 2.61. The number of ether oxygens (including phenoxy) is 2. The highest BCUT2D eigenvalue weighted by atomic mass is 32.1. The van der Waals surface area contributed by atoms with Crippen molar-refractivity contribution in [2.24, 2.45) is 0 Å². The van der Waals surface area contributed by atoms with E-state index in [1.807, 2.05) is 6.92 Å². The van der Waals surface area contributed by atoms with Crippen LogP contribution in [0, 0.1) is 0 Å². The number of hydrogen-bond acceptors (Lipinski definition) is 5. The number of rotatable bonds is 9. The molecule has 0 saturated carbocycles. The Hall–Kier alpha value is -0.490. The van der Waals surface area contributed by atoms with E-state index >= 15 is 0 Å². The van der Waals surface area contributed by atoms with E-state index in [-0.39, 0.29) is 0 Å². The molecule has 0 unspecified atom stereocenters. The van der Waals surface area contributed by atoms with E-state index in [1.165, 1.54) is 4.88 Å². The van der Waals surface area contributed by atoms with Crippen molar-refractivity contribution in [2.45, 2.75) is 46.4 Å². The fourth-order valence-corrected chi connectivity index (χ4v) is 2.54. The molecule has 0 aliphatic heterocycles. The lowest BCUT2D eigenvalue weighted by Crippen LogP contribution is -2.21. The van der Waals surface area contributed by atoms with Crippen LogP contribution in [0.5, 0.6) is 0 Å². The van der Waals surface area contributed by atoms with E-state index in [4.69, 9.17) is 9.47 Å². The minimum absolute atomic E-state index is 0.481. The average molecular weight is 272 g/mol. The molecule has 5 heteroatoms. The van der Waals surface area contributed by atoms with Gasteiger partial charge in [-0.25, -0.2) is 4.98 Å². The van der Waals surface area contributed by atoms with Crippen molar-refractivity contribution >= 4 is 11.3 Å². The zero-order valence-electron chi connectivity index (χ0n) is 11.8. The molecule has 18 heavy (non-hydrogen) atoms. The van der Waals surface area contributed by atoms with Gasteiger partial charge in [-0.1, -0.05) is 13.8 Å². The van der Waals surface area contributed by atoms with Gasteiger partial charge in [-0.15, -0.1) is 11.3 Å². The van der Waals surface area contributed by atoms with Gasteiger partial charge in [-0.05, 0) is 6.92 Å². The first kappa shape index (κ1) is 15.6. The summed E-state index contributed by atoms with van der Waals surface area (Å²) in [4.78, 5) is 5.90. The van der Waals surface area contributed by atoms with Crippen molar-refractivity contribution in [3.63, 3.8) is 0 Å². The number of nitrogens with one attached hydrogen (secondary N) is 1. The van der Waals surface area contributed by atoms with Crippen LogP contribution < -0.4 is 5.32 Å². The van der Waals surface area contributed by atoms with Gasteiger partial charge in [0.15, 0.2) is 0 Å². The van der Waals surface area contributed by atoms with Gasteiger partial charge in [-0.2, -0.15) is 0 Å². The van der Waals surface area contributed by atoms with Crippen LogP contribution in [0.25, 0.3) is 0 Å². The molecule has 0 aromatic carbocycles. The summed E-state index contributed by atoms with van der Waals surface area (Å²) in [5.41, 5.74) is 1.06. The second-order valence-corrected chi connectivity index (χ2v) is 5.56. The smallest absolute Gasteiger partial charge is 0.0955 e. The molecule has 1 N–H and O–H groups in total. The van der Waals surface area contributed by atoms with Gasteiger partial charge in [0.2, 0.25) is 0 Å². The summed E-state index contributed by atoms with van der Waals surface area (Å²) in [5.74, 6) is 0. The van der Waals surface area contributed by atoms with E-state index in [0.717, 1.165) is 36.9 Å². The van der Waals surface area contributed by atoms with Crippen molar-refractivity contribution in [1.82, 2.24) is 10.3 Å². The molecule has 0 fully saturated rings. The highest BCUT2D eigenvalue weighted by molar-refractivity contribution is 7.11. The Labute approximate surface area is 114 Å². The van der Waals surface area contributed by atoms with E-state index in [0.29, 0.717) is 12.6 Å². The molecule has 0 aliphatic carbocycles. The van der Waals surface area contributed by atoms with Crippen LogP contribution in [-0.2, 0) is 29.0 Å². The van der Waals surface area contributed by atoms with Gasteiger partial charge in [-0.3, -0.25) is 0 Å². The van der Waals surface area contributed by atoms with E-state index in [2.05, 4.69) is 24.1 Å². The number of methoxy groups -OCH3 is 1. The lowest BCUT2D eigenvalue weighted by molar-refractivity contribution is 0.150. The Bertz CT molecular complexity index is 340. The maximum absolute atomic E-state index is 5.36. The quantitative estimate of drug-likeness (QED) is 0.701. The summed E-state index contributed by atoms with van der Waals surface area (Å²) in [6, 6.07) is 0.481. The Morgan fingerprint density at radius 3 is 2.78 bits per heavy atom. The minimum Gasteiger partial charge on any atom is -0.381 e. The van der Waals surface area contributed by atoms with E-state index in [9.17, 15) is 0 Å². The Morgan fingerprint density at radius 1 is 1.39 bits per heavy atom. The molecule has 0 amide bonds. The first-order chi connectivity index (χ1) is 8.67. The summed E-state index contributed by atoms with van der Waals surface area (Å²) in [6.45, 7) is 9.25. The van der Waals surface area contributed by atoms with Crippen LogP contribution in [0.3, 0.4) is 0 Å². The van der Waals surface area contributed by atoms with Gasteiger partial charge in [0.25, 0.3) is 0 Å². The zero-order valence-corrected chi connectivity index (χ0v) is 12.6. The summed E-state index contributed by atoms with van der Waals surface area (Å²) >= 11 is 1.76. The van der Waals surface area contributed by atoms with Crippen molar-refractivity contribution in [3.05, 3.63) is 15.6 Å². The molecule has 1 aromatic heterocycles. The summed E-state index contributed by atoms with van der Waals surface area (Å²) in [5, 5.41) is 4.56. The van der Waals surface area contributed by atoms with Crippen molar-refractivity contribution in [3.8, 4) is 0 Å². The maximum Gasteiger partial charge on any atom is 0.0955 e. The summed E-state index contributed by atoms with van der Waals surface area (Å²) in [7, 11) is 1.71. The van der Waals surface area contributed by atoms with Gasteiger partial charge in [0.1, 0.15) is 0 Å². The first-order valence-electron chi connectivity index (χ1n) is 6.44. The van der Waals surface area contributed by atoms with Gasteiger partial charge in [0, 0.05) is 37.6 Å². The van der Waals surface area contributed by atoms with Gasteiger partial charge < -0.3 is 14.8 Å². The molecule has 1 heterocycles. The van der Waals surface area contributed by atoms with Gasteiger partial charge in [0.05, 0.1) is 23.9 Å². The van der Waals surface area contributed by atoms with Crippen molar-refractivity contribution in [2.75, 3.05) is 20.3 Å². The first-order valence-corrected chi connectivity index (χ1v) is 7.26. The fourth-order valence-electron chi connectivity index (χ4n) is 1.53. The predicted molar refractivity (Wildman–Crippen MR) is 75.0 cm³/mol. The monoisotopic (exact) mass is 272 g/mol. The summed E-state index contributed by atoms with van der Waals surface area (Å²) in [6.07, 6.45) is 0.886. The fraction of sp³-hybridized carbons (Fsp3) is 0.769. The molecule has 0 spiro atoms.